The molecule has 0 aliphatic carbocycles. The molecular formula is C16H12N4O. The molecule has 0 fully saturated rings. The molecule has 21 heavy (non-hydrogen) atoms. The lowest BCUT2D eigenvalue weighted by atomic mass is 10.2. The minimum Gasteiger partial charge on any atom is -0.361 e. The van der Waals surface area contributed by atoms with Crippen molar-refractivity contribution in [2.75, 3.05) is 17.2 Å². The maximum atomic E-state index is 11.8. The van der Waals surface area contributed by atoms with Gasteiger partial charge in [0.2, 0.25) is 5.91 Å². The molecule has 1 amide bonds. The standard InChI is InChI=1S/C16H12N4O/c1-2-12-5-3-6-13(9-12)20-16(21)11-18-15-8-4-7-14(10-17)19-15/h1,3-9H,11H2,(H,18,19)(H,20,21). The van der Waals surface area contributed by atoms with Crippen LogP contribution in [0.5, 0.6) is 0 Å². The Morgan fingerprint density at radius 3 is 2.86 bits per heavy atom. The second kappa shape index (κ2) is 6.74. The zero-order valence-electron chi connectivity index (χ0n) is 11.1. The summed E-state index contributed by atoms with van der Waals surface area (Å²) in [5, 5.41) is 14.3. The van der Waals surface area contributed by atoms with Gasteiger partial charge >= 0.3 is 0 Å². The molecule has 0 bridgehead atoms. The fraction of sp³-hybridized carbons (Fsp3) is 0.0625. The van der Waals surface area contributed by atoms with E-state index in [4.69, 9.17) is 11.7 Å². The van der Waals surface area contributed by atoms with Crippen molar-refractivity contribution in [3.63, 3.8) is 0 Å². The number of benzene rings is 1. The number of aromatic nitrogens is 1. The van der Waals surface area contributed by atoms with Gasteiger partial charge in [0, 0.05) is 11.3 Å². The van der Waals surface area contributed by atoms with Gasteiger partial charge in [0.05, 0.1) is 6.54 Å². The number of nitriles is 1. The van der Waals surface area contributed by atoms with E-state index in [2.05, 4.69) is 21.5 Å². The minimum absolute atomic E-state index is 0.0438. The third-order valence-corrected chi connectivity index (χ3v) is 2.61. The maximum absolute atomic E-state index is 11.8. The average Bonchev–Trinajstić information content (AvgIpc) is 2.53. The fourth-order valence-corrected chi connectivity index (χ4v) is 1.66. The Morgan fingerprint density at radius 2 is 2.10 bits per heavy atom. The van der Waals surface area contributed by atoms with Crippen LogP contribution in [0.15, 0.2) is 42.5 Å². The van der Waals surface area contributed by atoms with Crippen LogP contribution in [0.2, 0.25) is 0 Å². The van der Waals surface area contributed by atoms with E-state index < -0.39 is 0 Å². The van der Waals surface area contributed by atoms with Gasteiger partial charge in [-0.25, -0.2) is 4.98 Å². The molecule has 0 radical (unpaired) electrons. The Balaban J connectivity index is 1.93. The summed E-state index contributed by atoms with van der Waals surface area (Å²) in [6.45, 7) is 0.0438. The molecular weight excluding hydrogens is 264 g/mol. The number of carbonyl (C=O) groups is 1. The van der Waals surface area contributed by atoms with Crippen LogP contribution in [-0.4, -0.2) is 17.4 Å². The lowest BCUT2D eigenvalue weighted by Gasteiger charge is -2.07. The summed E-state index contributed by atoms with van der Waals surface area (Å²) >= 11 is 0. The normalized spacial score (nSPS) is 9.24. The molecule has 0 unspecified atom stereocenters. The molecule has 2 rings (SSSR count). The Hall–Kier alpha value is -3.31. The van der Waals surface area contributed by atoms with Crippen LogP contribution in [0, 0.1) is 23.7 Å². The predicted octanol–water partition coefficient (Wildman–Crippen LogP) is 1.99. The summed E-state index contributed by atoms with van der Waals surface area (Å²) in [7, 11) is 0. The molecule has 1 aromatic carbocycles. The van der Waals surface area contributed by atoms with Gasteiger partial charge < -0.3 is 10.6 Å². The van der Waals surface area contributed by atoms with E-state index in [1.807, 2.05) is 6.07 Å². The van der Waals surface area contributed by atoms with Crippen LogP contribution < -0.4 is 10.6 Å². The number of nitrogens with zero attached hydrogens (tertiary/aromatic N) is 2. The number of nitrogens with one attached hydrogen (secondary N) is 2. The van der Waals surface area contributed by atoms with Gasteiger partial charge in [-0.05, 0) is 30.3 Å². The summed E-state index contributed by atoms with van der Waals surface area (Å²) in [5.74, 6) is 2.75. The van der Waals surface area contributed by atoms with Crippen LogP contribution in [0.1, 0.15) is 11.3 Å². The van der Waals surface area contributed by atoms with Crippen molar-refractivity contribution in [1.82, 2.24) is 4.98 Å². The molecule has 0 spiro atoms. The second-order valence-corrected chi connectivity index (χ2v) is 4.15. The van der Waals surface area contributed by atoms with E-state index in [0.29, 0.717) is 22.8 Å². The number of hydrogen-bond donors (Lipinski definition) is 2. The summed E-state index contributed by atoms with van der Waals surface area (Å²) in [4.78, 5) is 15.8. The first kappa shape index (κ1) is 14.1. The van der Waals surface area contributed by atoms with Gasteiger partial charge in [0.15, 0.2) is 0 Å². The number of pyridine rings is 1. The number of anilines is 2. The third kappa shape index (κ3) is 4.09. The minimum atomic E-state index is -0.228. The van der Waals surface area contributed by atoms with E-state index in [0.717, 1.165) is 0 Å². The maximum Gasteiger partial charge on any atom is 0.243 e. The molecule has 0 aliphatic heterocycles. The molecule has 102 valence electrons. The zero-order chi connectivity index (χ0) is 15.1. The van der Waals surface area contributed by atoms with Crippen LogP contribution in [0.25, 0.3) is 0 Å². The van der Waals surface area contributed by atoms with Gasteiger partial charge in [0.25, 0.3) is 0 Å². The first-order chi connectivity index (χ1) is 10.2. The molecule has 0 atom stereocenters. The number of carbonyl (C=O) groups excluding carboxylic acids is 1. The average molecular weight is 276 g/mol. The summed E-state index contributed by atoms with van der Waals surface area (Å²) in [5.41, 5.74) is 1.63. The molecule has 0 saturated carbocycles. The zero-order valence-corrected chi connectivity index (χ0v) is 11.1. The predicted molar refractivity (Wildman–Crippen MR) is 80.4 cm³/mol. The quantitative estimate of drug-likeness (QED) is 0.837. The summed E-state index contributed by atoms with van der Waals surface area (Å²) < 4.78 is 0. The molecule has 2 N–H and O–H groups in total. The molecule has 2 aromatic rings. The first-order valence-electron chi connectivity index (χ1n) is 6.19. The lowest BCUT2D eigenvalue weighted by molar-refractivity contribution is -0.114. The van der Waals surface area contributed by atoms with Crippen molar-refractivity contribution >= 4 is 17.4 Å². The fourth-order valence-electron chi connectivity index (χ4n) is 1.66. The third-order valence-electron chi connectivity index (χ3n) is 2.61. The van der Waals surface area contributed by atoms with Crippen molar-refractivity contribution in [2.24, 2.45) is 0 Å². The topological polar surface area (TPSA) is 77.8 Å². The summed E-state index contributed by atoms with van der Waals surface area (Å²) in [6.07, 6.45) is 5.30. The van der Waals surface area contributed by atoms with Crippen molar-refractivity contribution < 1.29 is 4.79 Å². The number of hydrogen-bond acceptors (Lipinski definition) is 4. The van der Waals surface area contributed by atoms with Gasteiger partial charge in [-0.1, -0.05) is 18.1 Å². The summed E-state index contributed by atoms with van der Waals surface area (Å²) in [6, 6.07) is 13.9. The Morgan fingerprint density at radius 1 is 1.29 bits per heavy atom. The van der Waals surface area contributed by atoms with Gasteiger partial charge in [-0.3, -0.25) is 4.79 Å². The Labute approximate surface area is 122 Å². The molecule has 5 nitrogen and oxygen atoms in total. The van der Waals surface area contributed by atoms with Gasteiger partial charge in [-0.2, -0.15) is 5.26 Å². The highest BCUT2D eigenvalue weighted by Crippen LogP contribution is 2.09. The molecule has 5 heteroatoms. The van der Waals surface area contributed by atoms with E-state index in [1.165, 1.54) is 0 Å². The smallest absolute Gasteiger partial charge is 0.243 e. The lowest BCUT2D eigenvalue weighted by Crippen LogP contribution is -2.22. The molecule has 0 aliphatic rings. The van der Waals surface area contributed by atoms with Crippen molar-refractivity contribution in [1.29, 1.82) is 5.26 Å². The van der Waals surface area contributed by atoms with Crippen molar-refractivity contribution in [3.05, 3.63) is 53.7 Å². The second-order valence-electron chi connectivity index (χ2n) is 4.15. The van der Waals surface area contributed by atoms with Gasteiger partial charge in [0.1, 0.15) is 17.6 Å². The highest BCUT2D eigenvalue weighted by molar-refractivity contribution is 5.93. The van der Waals surface area contributed by atoms with Crippen LogP contribution in [0.3, 0.4) is 0 Å². The van der Waals surface area contributed by atoms with Crippen molar-refractivity contribution in [2.45, 2.75) is 0 Å². The van der Waals surface area contributed by atoms with E-state index in [9.17, 15) is 4.79 Å². The van der Waals surface area contributed by atoms with Crippen LogP contribution in [-0.2, 0) is 4.79 Å². The largest absolute Gasteiger partial charge is 0.361 e. The van der Waals surface area contributed by atoms with Crippen LogP contribution >= 0.6 is 0 Å². The van der Waals surface area contributed by atoms with E-state index in [1.54, 1.807) is 42.5 Å². The molecule has 0 saturated heterocycles. The molecule has 1 heterocycles. The number of terminal acetylenes is 1. The van der Waals surface area contributed by atoms with E-state index >= 15 is 0 Å². The highest BCUT2D eigenvalue weighted by atomic mass is 16.1. The number of amides is 1. The van der Waals surface area contributed by atoms with Crippen LogP contribution in [0.4, 0.5) is 11.5 Å². The van der Waals surface area contributed by atoms with Crippen molar-refractivity contribution in [3.8, 4) is 18.4 Å². The van der Waals surface area contributed by atoms with E-state index in [-0.39, 0.29) is 12.5 Å². The monoisotopic (exact) mass is 276 g/mol. The Kier molecular flexibility index (Phi) is 4.53. The highest BCUT2D eigenvalue weighted by Gasteiger charge is 2.03. The number of rotatable bonds is 4. The Bertz CT molecular complexity index is 740. The molecule has 1 aromatic heterocycles. The van der Waals surface area contributed by atoms with Gasteiger partial charge in [-0.15, -0.1) is 6.42 Å². The SMILES string of the molecule is C#Cc1cccc(NC(=O)CNc2cccc(C#N)n2)c1. The first-order valence-corrected chi connectivity index (χ1v) is 6.19.